The van der Waals surface area contributed by atoms with Crippen molar-refractivity contribution in [1.29, 1.82) is 5.26 Å². The third-order valence-electron chi connectivity index (χ3n) is 4.32. The van der Waals surface area contributed by atoms with Crippen molar-refractivity contribution in [1.82, 2.24) is 10.2 Å². The number of benzene rings is 1. The molecule has 2 heterocycles. The average molecular weight is 392 g/mol. The van der Waals surface area contributed by atoms with Crippen LogP contribution in [-0.4, -0.2) is 42.0 Å². The number of halogens is 1. The molecule has 8 heteroatoms. The highest BCUT2D eigenvalue weighted by Gasteiger charge is 2.40. The molecule has 0 aromatic heterocycles. The van der Waals surface area contributed by atoms with Crippen LogP contribution in [0.5, 0.6) is 0 Å². The van der Waals surface area contributed by atoms with Crippen molar-refractivity contribution in [2.75, 3.05) is 19.7 Å². The average Bonchev–Trinajstić information content (AvgIpc) is 2.97. The zero-order valence-electron chi connectivity index (χ0n) is 14.2. The van der Waals surface area contributed by atoms with E-state index in [2.05, 4.69) is 11.4 Å². The van der Waals surface area contributed by atoms with Gasteiger partial charge >= 0.3 is 6.09 Å². The number of amides is 2. The molecule has 26 heavy (non-hydrogen) atoms. The van der Waals surface area contributed by atoms with Crippen molar-refractivity contribution in [3.8, 4) is 6.07 Å². The molecule has 0 aliphatic carbocycles. The lowest BCUT2D eigenvalue weighted by atomic mass is 9.94. The van der Waals surface area contributed by atoms with Crippen molar-refractivity contribution in [2.24, 2.45) is 5.92 Å². The van der Waals surface area contributed by atoms with E-state index >= 15 is 0 Å². The fourth-order valence-corrected chi connectivity index (χ4v) is 4.70. The number of nitrogens with zero attached hydrogens (tertiary/aromatic N) is 2. The fourth-order valence-electron chi connectivity index (χ4n) is 3.07. The van der Waals surface area contributed by atoms with Crippen LogP contribution in [-0.2, 0) is 4.74 Å². The second kappa shape index (κ2) is 8.02. The second-order valence-corrected chi connectivity index (χ2v) is 7.62. The number of carbonyl (C=O) groups is 2. The third-order valence-corrected chi connectivity index (χ3v) is 5.87. The van der Waals surface area contributed by atoms with E-state index in [1.165, 1.54) is 11.8 Å². The topological polar surface area (TPSA) is 82.4 Å². The molecule has 2 aliphatic rings. The molecule has 0 fully saturated rings. The van der Waals surface area contributed by atoms with Crippen LogP contribution >= 0.6 is 23.4 Å². The molecular weight excluding hydrogens is 374 g/mol. The van der Waals surface area contributed by atoms with Crippen LogP contribution < -0.4 is 5.32 Å². The smallest absolute Gasteiger partial charge is 0.410 e. The van der Waals surface area contributed by atoms with Gasteiger partial charge in [-0.25, -0.2) is 4.79 Å². The summed E-state index contributed by atoms with van der Waals surface area (Å²) in [6.45, 7) is 3.03. The molecule has 0 spiro atoms. The highest BCUT2D eigenvalue weighted by atomic mass is 35.5. The summed E-state index contributed by atoms with van der Waals surface area (Å²) in [5.41, 5.74) is 1.46. The number of hydrogen-bond acceptors (Lipinski definition) is 5. The van der Waals surface area contributed by atoms with Crippen molar-refractivity contribution in [2.45, 2.75) is 18.7 Å². The zero-order valence-corrected chi connectivity index (χ0v) is 15.8. The van der Waals surface area contributed by atoms with Gasteiger partial charge in [0.25, 0.3) is 5.91 Å². The maximum Gasteiger partial charge on any atom is 0.410 e. The molecule has 0 radical (unpaired) electrons. The van der Waals surface area contributed by atoms with Crippen molar-refractivity contribution < 1.29 is 14.3 Å². The zero-order chi connectivity index (χ0) is 18.7. The number of hydrogen-bond donors (Lipinski definition) is 1. The van der Waals surface area contributed by atoms with Gasteiger partial charge in [0.2, 0.25) is 0 Å². The Kier molecular flexibility index (Phi) is 5.74. The van der Waals surface area contributed by atoms with Gasteiger partial charge in [0, 0.05) is 22.0 Å². The van der Waals surface area contributed by atoms with Gasteiger partial charge in [-0.3, -0.25) is 4.79 Å². The third kappa shape index (κ3) is 3.81. The normalized spacial score (nSPS) is 21.8. The first-order valence-electron chi connectivity index (χ1n) is 8.29. The summed E-state index contributed by atoms with van der Waals surface area (Å²) in [7, 11) is 0. The summed E-state index contributed by atoms with van der Waals surface area (Å²) in [5.74, 6) is -0.671. The van der Waals surface area contributed by atoms with Crippen LogP contribution in [0.1, 0.15) is 23.7 Å². The van der Waals surface area contributed by atoms with Crippen LogP contribution in [0.25, 0.3) is 0 Å². The molecule has 2 atom stereocenters. The number of nitriles is 1. The van der Waals surface area contributed by atoms with E-state index in [0.29, 0.717) is 36.7 Å². The molecule has 0 saturated heterocycles. The second-order valence-electron chi connectivity index (χ2n) is 5.95. The first kappa shape index (κ1) is 18.6. The molecule has 1 aromatic carbocycles. The summed E-state index contributed by atoms with van der Waals surface area (Å²) in [5, 5.41) is 12.6. The van der Waals surface area contributed by atoms with Crippen molar-refractivity contribution in [3.63, 3.8) is 0 Å². The Bertz CT molecular complexity index is 805. The molecule has 0 saturated carbocycles. The standard InChI is InChI=1S/C18H18ClN3O3S/c1-2-25-18(24)22-7-6-13-14(9-20)17(26-15(13)10-22)21-16(23)11-4-3-5-12(19)8-11/h3-5,8,14,17H,2,6-7,10H2,1H3,(H,21,23). The Balaban J connectivity index is 1.70. The van der Waals surface area contributed by atoms with Gasteiger partial charge in [0.05, 0.1) is 30.5 Å². The fraction of sp³-hybridized carbons (Fsp3) is 0.389. The SMILES string of the molecule is CCOC(=O)N1CCC2=C(C1)SC(NC(=O)c1cccc(Cl)c1)C2C#N. The van der Waals surface area contributed by atoms with Crippen LogP contribution in [0.15, 0.2) is 34.7 Å². The largest absolute Gasteiger partial charge is 0.450 e. The van der Waals surface area contributed by atoms with Crippen LogP contribution in [0.2, 0.25) is 5.02 Å². The molecule has 1 aromatic rings. The summed E-state index contributed by atoms with van der Waals surface area (Å²) < 4.78 is 5.05. The minimum absolute atomic E-state index is 0.271. The summed E-state index contributed by atoms with van der Waals surface area (Å²) in [4.78, 5) is 27.0. The first-order chi connectivity index (χ1) is 12.5. The lowest BCUT2D eigenvalue weighted by Gasteiger charge is -2.27. The molecule has 2 aliphatic heterocycles. The van der Waals surface area contributed by atoms with Crippen LogP contribution in [0, 0.1) is 17.2 Å². The highest BCUT2D eigenvalue weighted by molar-refractivity contribution is 8.04. The Morgan fingerprint density at radius 2 is 2.31 bits per heavy atom. The van der Waals surface area contributed by atoms with Gasteiger partial charge in [-0.15, -0.1) is 11.8 Å². The maximum atomic E-state index is 12.5. The van der Waals surface area contributed by atoms with Gasteiger partial charge < -0.3 is 15.0 Å². The van der Waals surface area contributed by atoms with E-state index in [0.717, 1.165) is 10.5 Å². The predicted molar refractivity (Wildman–Crippen MR) is 99.6 cm³/mol. The minimum Gasteiger partial charge on any atom is -0.450 e. The lowest BCUT2D eigenvalue weighted by molar-refractivity contribution is 0.0947. The number of rotatable bonds is 3. The Hall–Kier alpha value is -2.17. The van der Waals surface area contributed by atoms with Gasteiger partial charge in [-0.2, -0.15) is 5.26 Å². The number of nitrogens with one attached hydrogen (secondary N) is 1. The summed E-state index contributed by atoms with van der Waals surface area (Å²) in [6, 6.07) is 8.98. The van der Waals surface area contributed by atoms with Crippen LogP contribution in [0.4, 0.5) is 4.79 Å². The predicted octanol–water partition coefficient (Wildman–Crippen LogP) is 3.40. The van der Waals surface area contributed by atoms with Gasteiger partial charge in [0.15, 0.2) is 0 Å². The van der Waals surface area contributed by atoms with E-state index in [-0.39, 0.29) is 17.4 Å². The summed E-state index contributed by atoms with van der Waals surface area (Å²) >= 11 is 7.37. The molecule has 2 unspecified atom stereocenters. The number of ether oxygens (including phenoxy) is 1. The molecular formula is C18H18ClN3O3S. The molecule has 3 rings (SSSR count). The molecule has 0 bridgehead atoms. The summed E-state index contributed by atoms with van der Waals surface area (Å²) in [6.07, 6.45) is 0.266. The molecule has 136 valence electrons. The van der Waals surface area contributed by atoms with Crippen LogP contribution in [0.3, 0.4) is 0 Å². The number of thioether (sulfide) groups is 1. The van der Waals surface area contributed by atoms with E-state index in [1.807, 2.05) is 0 Å². The maximum absolute atomic E-state index is 12.5. The van der Waals surface area contributed by atoms with Gasteiger partial charge in [-0.05, 0) is 37.1 Å². The monoisotopic (exact) mass is 391 g/mol. The van der Waals surface area contributed by atoms with Gasteiger partial charge in [0.1, 0.15) is 0 Å². The van der Waals surface area contributed by atoms with Gasteiger partial charge in [-0.1, -0.05) is 17.7 Å². The Morgan fingerprint density at radius 1 is 1.50 bits per heavy atom. The van der Waals surface area contributed by atoms with Crippen molar-refractivity contribution >= 4 is 35.4 Å². The quantitative estimate of drug-likeness (QED) is 0.853. The molecule has 1 N–H and O–H groups in total. The molecule has 6 nitrogen and oxygen atoms in total. The van der Waals surface area contributed by atoms with E-state index < -0.39 is 5.92 Å². The van der Waals surface area contributed by atoms with E-state index in [4.69, 9.17) is 16.3 Å². The van der Waals surface area contributed by atoms with E-state index in [1.54, 1.807) is 36.1 Å². The van der Waals surface area contributed by atoms with E-state index in [9.17, 15) is 14.9 Å². The number of carbonyl (C=O) groups excluding carboxylic acids is 2. The first-order valence-corrected chi connectivity index (χ1v) is 9.55. The Labute approximate surface area is 161 Å². The highest BCUT2D eigenvalue weighted by Crippen LogP contribution is 2.44. The minimum atomic E-state index is -0.400. The lowest BCUT2D eigenvalue weighted by Crippen LogP contribution is -2.37. The Morgan fingerprint density at radius 3 is 3.00 bits per heavy atom. The molecule has 2 amide bonds. The van der Waals surface area contributed by atoms with Crippen molar-refractivity contribution in [3.05, 3.63) is 45.3 Å².